The Morgan fingerprint density at radius 2 is 1.76 bits per heavy atom. The van der Waals surface area contributed by atoms with Gasteiger partial charge in [0, 0.05) is 18.1 Å². The molecule has 1 atom stereocenters. The highest BCUT2D eigenvalue weighted by molar-refractivity contribution is 5.89. The van der Waals surface area contributed by atoms with Crippen LogP contribution in [0.15, 0.2) is 48.8 Å². The molecule has 2 rings (SSSR count). The molecule has 0 saturated carbocycles. The lowest BCUT2D eigenvalue weighted by atomic mass is 10.0. The van der Waals surface area contributed by atoms with Gasteiger partial charge in [0.05, 0.1) is 6.04 Å². The third-order valence-corrected chi connectivity index (χ3v) is 3.37. The average Bonchev–Trinajstić information content (AvgIpc) is 2.48. The van der Waals surface area contributed by atoms with E-state index in [0.29, 0.717) is 5.92 Å². The van der Waals surface area contributed by atoms with Crippen LogP contribution in [-0.4, -0.2) is 11.0 Å². The van der Waals surface area contributed by atoms with Gasteiger partial charge in [-0.05, 0) is 42.2 Å². The van der Waals surface area contributed by atoms with Crippen LogP contribution in [0.2, 0.25) is 0 Å². The molecule has 1 heterocycles. The van der Waals surface area contributed by atoms with E-state index in [1.165, 1.54) is 5.56 Å². The van der Waals surface area contributed by atoms with E-state index < -0.39 is 0 Å². The molecule has 0 aliphatic heterocycles. The zero-order valence-corrected chi connectivity index (χ0v) is 12.6. The van der Waals surface area contributed by atoms with Crippen molar-refractivity contribution in [3.05, 3.63) is 59.9 Å². The van der Waals surface area contributed by atoms with Crippen molar-refractivity contribution >= 4 is 11.7 Å². The standard InChI is InChI=1S/C17H21N3O/c1-12(2)14-6-8-16(9-7-14)20-17(21)19-13(3)15-5-4-10-18-11-15/h4-13H,1-3H3,(H2,19,20,21). The SMILES string of the molecule is CC(C)c1ccc(NC(=O)NC(C)c2cccnc2)cc1. The molecule has 0 aliphatic carbocycles. The van der Waals surface area contributed by atoms with Gasteiger partial charge in [0.25, 0.3) is 0 Å². The van der Waals surface area contributed by atoms with Crippen molar-refractivity contribution in [3.8, 4) is 0 Å². The first-order valence-electron chi connectivity index (χ1n) is 7.13. The van der Waals surface area contributed by atoms with Gasteiger partial charge in [-0.15, -0.1) is 0 Å². The molecule has 4 nitrogen and oxygen atoms in total. The van der Waals surface area contributed by atoms with E-state index in [0.717, 1.165) is 11.3 Å². The fourth-order valence-corrected chi connectivity index (χ4v) is 2.03. The predicted octanol–water partition coefficient (Wildman–Crippen LogP) is 4.09. The van der Waals surface area contributed by atoms with Crippen LogP contribution in [0.5, 0.6) is 0 Å². The van der Waals surface area contributed by atoms with E-state index in [4.69, 9.17) is 0 Å². The molecule has 1 aromatic carbocycles. The minimum Gasteiger partial charge on any atom is -0.331 e. The molecule has 0 bridgehead atoms. The highest BCUT2D eigenvalue weighted by Crippen LogP contribution is 2.17. The van der Waals surface area contributed by atoms with Gasteiger partial charge >= 0.3 is 6.03 Å². The van der Waals surface area contributed by atoms with Gasteiger partial charge in [0.15, 0.2) is 0 Å². The van der Waals surface area contributed by atoms with Crippen molar-refractivity contribution in [1.82, 2.24) is 10.3 Å². The Morgan fingerprint density at radius 1 is 1.05 bits per heavy atom. The van der Waals surface area contributed by atoms with Crippen LogP contribution in [0, 0.1) is 0 Å². The number of nitrogens with zero attached hydrogens (tertiary/aromatic N) is 1. The quantitative estimate of drug-likeness (QED) is 0.888. The molecule has 0 spiro atoms. The Bertz CT molecular complexity index is 579. The van der Waals surface area contributed by atoms with Gasteiger partial charge in [0.1, 0.15) is 0 Å². The number of hydrogen-bond acceptors (Lipinski definition) is 2. The van der Waals surface area contributed by atoms with Crippen molar-refractivity contribution < 1.29 is 4.79 Å². The summed E-state index contributed by atoms with van der Waals surface area (Å²) in [6.45, 7) is 6.22. The molecular weight excluding hydrogens is 262 g/mol. The maximum absolute atomic E-state index is 12.0. The summed E-state index contributed by atoms with van der Waals surface area (Å²) in [5, 5.41) is 5.73. The van der Waals surface area contributed by atoms with E-state index in [2.05, 4.69) is 29.5 Å². The third-order valence-electron chi connectivity index (χ3n) is 3.37. The number of rotatable bonds is 4. The summed E-state index contributed by atoms with van der Waals surface area (Å²) >= 11 is 0. The number of anilines is 1. The zero-order valence-electron chi connectivity index (χ0n) is 12.6. The third kappa shape index (κ3) is 4.31. The molecular formula is C17H21N3O. The molecule has 0 radical (unpaired) electrons. The lowest BCUT2D eigenvalue weighted by Gasteiger charge is -2.15. The molecule has 2 amide bonds. The second-order valence-electron chi connectivity index (χ2n) is 5.38. The Hall–Kier alpha value is -2.36. The Kier molecular flexibility index (Phi) is 4.93. The van der Waals surface area contributed by atoms with E-state index in [9.17, 15) is 4.79 Å². The number of hydrogen-bond donors (Lipinski definition) is 2. The fraction of sp³-hybridized carbons (Fsp3) is 0.294. The number of benzene rings is 1. The summed E-state index contributed by atoms with van der Waals surface area (Å²) in [7, 11) is 0. The van der Waals surface area contributed by atoms with Crippen LogP contribution in [-0.2, 0) is 0 Å². The molecule has 21 heavy (non-hydrogen) atoms. The summed E-state index contributed by atoms with van der Waals surface area (Å²) in [6, 6.07) is 11.4. The second-order valence-corrected chi connectivity index (χ2v) is 5.38. The summed E-state index contributed by atoms with van der Waals surface area (Å²) in [5.74, 6) is 0.485. The van der Waals surface area contributed by atoms with Crippen molar-refractivity contribution in [2.75, 3.05) is 5.32 Å². The fourth-order valence-electron chi connectivity index (χ4n) is 2.03. The number of pyridine rings is 1. The average molecular weight is 283 g/mol. The van der Waals surface area contributed by atoms with Crippen LogP contribution >= 0.6 is 0 Å². The first kappa shape index (κ1) is 15.0. The normalized spacial score (nSPS) is 12.0. The Morgan fingerprint density at radius 3 is 2.33 bits per heavy atom. The van der Waals surface area contributed by atoms with Crippen LogP contribution in [0.3, 0.4) is 0 Å². The van der Waals surface area contributed by atoms with Gasteiger partial charge in [-0.25, -0.2) is 4.79 Å². The smallest absolute Gasteiger partial charge is 0.319 e. The van der Waals surface area contributed by atoms with Gasteiger partial charge in [0.2, 0.25) is 0 Å². The largest absolute Gasteiger partial charge is 0.331 e. The van der Waals surface area contributed by atoms with Crippen molar-refractivity contribution in [2.24, 2.45) is 0 Å². The summed E-state index contributed by atoms with van der Waals surface area (Å²) in [4.78, 5) is 16.0. The number of carbonyl (C=O) groups excluding carboxylic acids is 1. The van der Waals surface area contributed by atoms with Crippen molar-refractivity contribution in [1.29, 1.82) is 0 Å². The topological polar surface area (TPSA) is 54.0 Å². The van der Waals surface area contributed by atoms with Crippen LogP contribution in [0.4, 0.5) is 10.5 Å². The Balaban J connectivity index is 1.92. The van der Waals surface area contributed by atoms with E-state index >= 15 is 0 Å². The lowest BCUT2D eigenvalue weighted by Crippen LogP contribution is -2.31. The van der Waals surface area contributed by atoms with Gasteiger partial charge in [-0.1, -0.05) is 32.0 Å². The molecule has 110 valence electrons. The van der Waals surface area contributed by atoms with E-state index in [-0.39, 0.29) is 12.1 Å². The molecule has 1 aromatic heterocycles. The monoisotopic (exact) mass is 283 g/mol. The summed E-state index contributed by atoms with van der Waals surface area (Å²) < 4.78 is 0. The van der Waals surface area contributed by atoms with Crippen molar-refractivity contribution in [3.63, 3.8) is 0 Å². The minimum atomic E-state index is -0.219. The number of amides is 2. The van der Waals surface area contributed by atoms with Crippen LogP contribution in [0.25, 0.3) is 0 Å². The number of aromatic nitrogens is 1. The zero-order chi connectivity index (χ0) is 15.2. The molecule has 1 unspecified atom stereocenters. The summed E-state index contributed by atoms with van der Waals surface area (Å²) in [5.41, 5.74) is 3.02. The maximum Gasteiger partial charge on any atom is 0.319 e. The molecule has 4 heteroatoms. The van der Waals surface area contributed by atoms with Gasteiger partial charge in [-0.3, -0.25) is 4.98 Å². The predicted molar refractivity (Wildman–Crippen MR) is 85.3 cm³/mol. The first-order chi connectivity index (χ1) is 10.1. The van der Waals surface area contributed by atoms with E-state index in [1.807, 2.05) is 43.3 Å². The molecule has 0 saturated heterocycles. The summed E-state index contributed by atoms with van der Waals surface area (Å²) in [6.07, 6.45) is 3.47. The highest BCUT2D eigenvalue weighted by Gasteiger charge is 2.09. The number of urea groups is 1. The molecule has 0 aliphatic rings. The van der Waals surface area contributed by atoms with Gasteiger partial charge in [-0.2, -0.15) is 0 Å². The number of carbonyl (C=O) groups is 1. The maximum atomic E-state index is 12.0. The molecule has 2 N–H and O–H groups in total. The molecule has 2 aromatic rings. The van der Waals surface area contributed by atoms with Crippen LogP contribution in [0.1, 0.15) is 43.9 Å². The lowest BCUT2D eigenvalue weighted by molar-refractivity contribution is 0.249. The van der Waals surface area contributed by atoms with Gasteiger partial charge < -0.3 is 10.6 Å². The molecule has 0 fully saturated rings. The van der Waals surface area contributed by atoms with Crippen molar-refractivity contribution in [2.45, 2.75) is 32.7 Å². The van der Waals surface area contributed by atoms with E-state index in [1.54, 1.807) is 12.4 Å². The first-order valence-corrected chi connectivity index (χ1v) is 7.13. The highest BCUT2D eigenvalue weighted by atomic mass is 16.2. The number of nitrogens with one attached hydrogen (secondary N) is 2. The second kappa shape index (κ2) is 6.88. The van der Waals surface area contributed by atoms with Crippen LogP contribution < -0.4 is 10.6 Å². The minimum absolute atomic E-state index is 0.0892. The Labute approximate surface area is 125 Å².